The number of aromatic nitrogens is 2. The molecule has 1 aromatic heterocycles. The van der Waals surface area contributed by atoms with Gasteiger partial charge in [-0.1, -0.05) is 18.2 Å². The van der Waals surface area contributed by atoms with Crippen LogP contribution in [0.15, 0.2) is 24.3 Å². The quantitative estimate of drug-likeness (QED) is 0.744. The molecule has 13 heavy (non-hydrogen) atoms. The van der Waals surface area contributed by atoms with Gasteiger partial charge in [0.25, 0.3) is 0 Å². The van der Waals surface area contributed by atoms with Crippen LogP contribution in [0.4, 0.5) is 0 Å². The highest BCUT2D eigenvalue weighted by Gasteiger charge is 2.06. The smallest absolute Gasteiger partial charge is 0.0926 e. The van der Waals surface area contributed by atoms with Crippen molar-refractivity contribution in [3.63, 3.8) is 0 Å². The van der Waals surface area contributed by atoms with Crippen molar-refractivity contribution >= 4 is 10.9 Å². The number of benzene rings is 1. The standard InChI is InChI=1S/C10H12N2O/c1-12-10(6-7-13)8-4-2-3-5-9(8)11-12/h2-5,13H,6-7H2,1H3. The average Bonchev–Trinajstić information content (AvgIpc) is 2.44. The topological polar surface area (TPSA) is 38.0 Å². The fourth-order valence-electron chi connectivity index (χ4n) is 1.60. The second-order valence-corrected chi connectivity index (χ2v) is 3.06. The predicted octanol–water partition coefficient (Wildman–Crippen LogP) is 1.11. The van der Waals surface area contributed by atoms with Gasteiger partial charge in [-0.3, -0.25) is 4.68 Å². The fourth-order valence-corrected chi connectivity index (χ4v) is 1.60. The molecule has 0 spiro atoms. The number of aliphatic hydroxyl groups excluding tert-OH is 1. The third-order valence-corrected chi connectivity index (χ3v) is 2.21. The normalized spacial score (nSPS) is 10.9. The average molecular weight is 176 g/mol. The molecular formula is C10H12N2O. The molecule has 0 fully saturated rings. The summed E-state index contributed by atoms with van der Waals surface area (Å²) >= 11 is 0. The monoisotopic (exact) mass is 176 g/mol. The summed E-state index contributed by atoms with van der Waals surface area (Å²) in [7, 11) is 1.91. The minimum atomic E-state index is 0.170. The van der Waals surface area contributed by atoms with E-state index in [1.165, 1.54) is 0 Å². The number of fused-ring (bicyclic) bond motifs is 1. The Morgan fingerprint density at radius 2 is 2.15 bits per heavy atom. The first-order chi connectivity index (χ1) is 6.33. The lowest BCUT2D eigenvalue weighted by Crippen LogP contribution is -2.00. The third-order valence-electron chi connectivity index (χ3n) is 2.21. The molecule has 1 heterocycles. The van der Waals surface area contributed by atoms with E-state index < -0.39 is 0 Å². The van der Waals surface area contributed by atoms with Crippen molar-refractivity contribution in [3.05, 3.63) is 30.0 Å². The highest BCUT2D eigenvalue weighted by Crippen LogP contribution is 2.17. The van der Waals surface area contributed by atoms with Crippen molar-refractivity contribution < 1.29 is 5.11 Å². The maximum Gasteiger partial charge on any atom is 0.0926 e. The molecule has 2 aromatic rings. The second-order valence-electron chi connectivity index (χ2n) is 3.06. The van der Waals surface area contributed by atoms with Crippen molar-refractivity contribution in [2.45, 2.75) is 6.42 Å². The van der Waals surface area contributed by atoms with Crippen LogP contribution >= 0.6 is 0 Å². The zero-order valence-corrected chi connectivity index (χ0v) is 7.57. The molecule has 3 heteroatoms. The van der Waals surface area contributed by atoms with E-state index in [1.807, 2.05) is 36.0 Å². The van der Waals surface area contributed by atoms with Crippen molar-refractivity contribution in [3.8, 4) is 0 Å². The molecule has 0 saturated heterocycles. The Hall–Kier alpha value is -1.35. The number of hydrogen-bond acceptors (Lipinski definition) is 2. The number of hydrogen-bond donors (Lipinski definition) is 1. The van der Waals surface area contributed by atoms with E-state index in [9.17, 15) is 0 Å². The van der Waals surface area contributed by atoms with Crippen LogP contribution in [0, 0.1) is 0 Å². The van der Waals surface area contributed by atoms with Gasteiger partial charge >= 0.3 is 0 Å². The highest BCUT2D eigenvalue weighted by molar-refractivity contribution is 5.81. The Morgan fingerprint density at radius 1 is 1.38 bits per heavy atom. The van der Waals surface area contributed by atoms with Gasteiger partial charge in [0.2, 0.25) is 0 Å². The molecular weight excluding hydrogens is 164 g/mol. The SMILES string of the molecule is Cn1nc2ccccc2c1CCO. The molecule has 0 unspecified atom stereocenters. The zero-order valence-electron chi connectivity index (χ0n) is 7.57. The van der Waals surface area contributed by atoms with E-state index in [0.717, 1.165) is 16.6 Å². The summed E-state index contributed by atoms with van der Waals surface area (Å²) in [5, 5.41) is 14.4. The van der Waals surface area contributed by atoms with Crippen LogP contribution in [0.2, 0.25) is 0 Å². The Morgan fingerprint density at radius 3 is 2.92 bits per heavy atom. The van der Waals surface area contributed by atoms with E-state index >= 15 is 0 Å². The molecule has 2 rings (SSSR count). The van der Waals surface area contributed by atoms with Gasteiger partial charge in [0.1, 0.15) is 0 Å². The highest BCUT2D eigenvalue weighted by atomic mass is 16.3. The molecule has 0 saturated carbocycles. The molecule has 0 aliphatic rings. The van der Waals surface area contributed by atoms with E-state index in [-0.39, 0.29) is 6.61 Å². The van der Waals surface area contributed by atoms with Gasteiger partial charge in [-0.15, -0.1) is 0 Å². The lowest BCUT2D eigenvalue weighted by Gasteiger charge is -1.98. The van der Waals surface area contributed by atoms with Crippen molar-refractivity contribution in [2.24, 2.45) is 7.05 Å². The molecule has 0 radical (unpaired) electrons. The molecule has 1 N–H and O–H groups in total. The molecule has 68 valence electrons. The van der Waals surface area contributed by atoms with Crippen molar-refractivity contribution in [1.29, 1.82) is 0 Å². The summed E-state index contributed by atoms with van der Waals surface area (Å²) in [6.45, 7) is 0.170. The summed E-state index contributed by atoms with van der Waals surface area (Å²) in [5.74, 6) is 0. The molecule has 0 aliphatic carbocycles. The minimum absolute atomic E-state index is 0.170. The predicted molar refractivity (Wildman–Crippen MR) is 51.5 cm³/mol. The maximum atomic E-state index is 8.88. The Labute approximate surface area is 76.6 Å². The van der Waals surface area contributed by atoms with Crippen LogP contribution in [0.1, 0.15) is 5.69 Å². The minimum Gasteiger partial charge on any atom is -0.396 e. The van der Waals surface area contributed by atoms with Crippen LogP contribution in [0.5, 0.6) is 0 Å². The van der Waals surface area contributed by atoms with Gasteiger partial charge < -0.3 is 5.11 Å². The van der Waals surface area contributed by atoms with E-state index in [2.05, 4.69) is 5.10 Å². The summed E-state index contributed by atoms with van der Waals surface area (Å²) < 4.78 is 1.83. The Kier molecular flexibility index (Phi) is 2.02. The first-order valence-corrected chi connectivity index (χ1v) is 4.34. The van der Waals surface area contributed by atoms with Crippen LogP contribution in [0.3, 0.4) is 0 Å². The number of aryl methyl sites for hydroxylation is 1. The van der Waals surface area contributed by atoms with E-state index in [1.54, 1.807) is 0 Å². The summed E-state index contributed by atoms with van der Waals surface area (Å²) in [5.41, 5.74) is 2.09. The molecule has 3 nitrogen and oxygen atoms in total. The van der Waals surface area contributed by atoms with Crippen LogP contribution in [-0.2, 0) is 13.5 Å². The van der Waals surface area contributed by atoms with Gasteiger partial charge in [-0.2, -0.15) is 5.10 Å². The maximum absolute atomic E-state index is 8.88. The molecule has 0 aliphatic heterocycles. The van der Waals surface area contributed by atoms with Gasteiger partial charge in [0, 0.05) is 31.2 Å². The number of aliphatic hydroxyl groups is 1. The summed E-state index contributed by atoms with van der Waals surface area (Å²) in [4.78, 5) is 0. The van der Waals surface area contributed by atoms with Gasteiger partial charge in [-0.25, -0.2) is 0 Å². The van der Waals surface area contributed by atoms with Crippen LogP contribution < -0.4 is 0 Å². The first kappa shape index (κ1) is 8.26. The van der Waals surface area contributed by atoms with E-state index in [0.29, 0.717) is 6.42 Å². The van der Waals surface area contributed by atoms with E-state index in [4.69, 9.17) is 5.11 Å². The largest absolute Gasteiger partial charge is 0.396 e. The van der Waals surface area contributed by atoms with Gasteiger partial charge in [0.05, 0.1) is 5.52 Å². The number of rotatable bonds is 2. The fraction of sp³-hybridized carbons (Fsp3) is 0.300. The van der Waals surface area contributed by atoms with Crippen LogP contribution in [0.25, 0.3) is 10.9 Å². The third kappa shape index (κ3) is 1.31. The lowest BCUT2D eigenvalue weighted by molar-refractivity contribution is 0.296. The Balaban J connectivity index is 2.64. The first-order valence-electron chi connectivity index (χ1n) is 4.34. The Bertz CT molecular complexity index is 420. The molecule has 1 aromatic carbocycles. The summed E-state index contributed by atoms with van der Waals surface area (Å²) in [6, 6.07) is 7.98. The van der Waals surface area contributed by atoms with Crippen molar-refractivity contribution in [1.82, 2.24) is 9.78 Å². The zero-order chi connectivity index (χ0) is 9.26. The number of nitrogens with zero attached hydrogens (tertiary/aromatic N) is 2. The molecule has 0 bridgehead atoms. The van der Waals surface area contributed by atoms with Gasteiger partial charge in [0.15, 0.2) is 0 Å². The van der Waals surface area contributed by atoms with Crippen molar-refractivity contribution in [2.75, 3.05) is 6.61 Å². The molecule has 0 atom stereocenters. The van der Waals surface area contributed by atoms with Crippen LogP contribution in [-0.4, -0.2) is 21.5 Å². The lowest BCUT2D eigenvalue weighted by atomic mass is 10.2. The summed E-state index contributed by atoms with van der Waals surface area (Å²) in [6.07, 6.45) is 0.664. The van der Waals surface area contributed by atoms with Gasteiger partial charge in [-0.05, 0) is 6.07 Å². The second kappa shape index (κ2) is 3.18. The molecule has 0 amide bonds.